The molecular formula is C15H19FN2O2. The van der Waals surface area contributed by atoms with Crippen LogP contribution in [0.3, 0.4) is 0 Å². The van der Waals surface area contributed by atoms with Gasteiger partial charge in [0.1, 0.15) is 5.82 Å². The summed E-state index contributed by atoms with van der Waals surface area (Å²) < 4.78 is 19.7. The van der Waals surface area contributed by atoms with Crippen molar-refractivity contribution in [2.24, 2.45) is 0 Å². The molecule has 0 spiro atoms. The van der Waals surface area contributed by atoms with Crippen molar-refractivity contribution in [2.75, 3.05) is 38.2 Å². The summed E-state index contributed by atoms with van der Waals surface area (Å²) in [5, 5.41) is 0. The van der Waals surface area contributed by atoms with E-state index in [4.69, 9.17) is 4.74 Å². The molecule has 2 heterocycles. The van der Waals surface area contributed by atoms with Crippen LogP contribution in [-0.4, -0.2) is 56.1 Å². The van der Waals surface area contributed by atoms with Crippen LogP contribution in [0.4, 0.5) is 10.1 Å². The number of rotatable bonds is 2. The number of fused-ring (bicyclic) bond motifs is 1. The Morgan fingerprint density at radius 2 is 2.20 bits per heavy atom. The molecule has 0 saturated carbocycles. The van der Waals surface area contributed by atoms with Gasteiger partial charge < -0.3 is 9.64 Å². The summed E-state index contributed by atoms with van der Waals surface area (Å²) in [6.45, 7) is 4.53. The van der Waals surface area contributed by atoms with Crippen molar-refractivity contribution in [2.45, 2.75) is 19.1 Å². The predicted octanol–water partition coefficient (Wildman–Crippen LogP) is 1.55. The van der Waals surface area contributed by atoms with Gasteiger partial charge in [-0.05, 0) is 26.1 Å². The van der Waals surface area contributed by atoms with Crippen LogP contribution >= 0.6 is 0 Å². The van der Waals surface area contributed by atoms with Crippen molar-refractivity contribution in [1.29, 1.82) is 0 Å². The third kappa shape index (κ3) is 2.21. The average molecular weight is 278 g/mol. The molecule has 1 aromatic rings. The molecule has 3 rings (SSSR count). The summed E-state index contributed by atoms with van der Waals surface area (Å²) in [5.41, 5.74) is 0.873. The summed E-state index contributed by atoms with van der Waals surface area (Å²) in [4.78, 5) is 16.1. The number of hydrogen-bond acceptors (Lipinski definition) is 4. The fourth-order valence-corrected chi connectivity index (χ4v) is 3.18. The fraction of sp³-hybridized carbons (Fsp3) is 0.533. The van der Waals surface area contributed by atoms with Gasteiger partial charge >= 0.3 is 0 Å². The Bertz CT molecular complexity index is 535. The van der Waals surface area contributed by atoms with Crippen LogP contribution in [0.5, 0.6) is 0 Å². The minimum Gasteiger partial charge on any atom is -0.373 e. The van der Waals surface area contributed by atoms with E-state index in [1.165, 1.54) is 13.0 Å². The van der Waals surface area contributed by atoms with E-state index in [-0.39, 0.29) is 17.5 Å². The van der Waals surface area contributed by atoms with Crippen LogP contribution in [0.2, 0.25) is 0 Å². The molecule has 2 saturated heterocycles. The molecule has 2 aliphatic heterocycles. The number of nitrogens with zero attached hydrogens (tertiary/aromatic N) is 2. The number of Topliss-reactive ketones (excluding diaryl/α,β-unsaturated/α-hetero) is 1. The minimum absolute atomic E-state index is 0.136. The highest BCUT2D eigenvalue weighted by Gasteiger charge is 2.39. The van der Waals surface area contributed by atoms with Crippen LogP contribution < -0.4 is 4.90 Å². The summed E-state index contributed by atoms with van der Waals surface area (Å²) >= 11 is 0. The van der Waals surface area contributed by atoms with E-state index < -0.39 is 5.82 Å². The third-order valence-corrected chi connectivity index (χ3v) is 4.26. The smallest absolute Gasteiger partial charge is 0.164 e. The van der Waals surface area contributed by atoms with Gasteiger partial charge in [0.15, 0.2) is 5.78 Å². The first-order valence-electron chi connectivity index (χ1n) is 6.94. The van der Waals surface area contributed by atoms with Crippen molar-refractivity contribution in [3.8, 4) is 0 Å². The van der Waals surface area contributed by atoms with Crippen molar-refractivity contribution >= 4 is 11.5 Å². The van der Waals surface area contributed by atoms with E-state index in [9.17, 15) is 9.18 Å². The first-order chi connectivity index (χ1) is 9.58. The topological polar surface area (TPSA) is 32.8 Å². The molecule has 0 amide bonds. The van der Waals surface area contributed by atoms with Crippen molar-refractivity contribution in [1.82, 2.24) is 4.90 Å². The Morgan fingerprint density at radius 3 is 2.90 bits per heavy atom. The van der Waals surface area contributed by atoms with E-state index >= 15 is 0 Å². The molecule has 5 heteroatoms. The summed E-state index contributed by atoms with van der Waals surface area (Å²) in [6, 6.07) is 5.12. The van der Waals surface area contributed by atoms with Gasteiger partial charge in [0.2, 0.25) is 0 Å². The van der Waals surface area contributed by atoms with Gasteiger partial charge in [-0.1, -0.05) is 6.07 Å². The summed E-state index contributed by atoms with van der Waals surface area (Å²) in [6.07, 6.45) is 0.136. The molecule has 0 aromatic heterocycles. The molecule has 2 aliphatic rings. The molecule has 2 atom stereocenters. The predicted molar refractivity (Wildman–Crippen MR) is 74.8 cm³/mol. The van der Waals surface area contributed by atoms with Crippen LogP contribution in [0.15, 0.2) is 18.2 Å². The number of hydrogen-bond donors (Lipinski definition) is 0. The van der Waals surface area contributed by atoms with E-state index in [0.29, 0.717) is 18.3 Å². The molecule has 108 valence electrons. The molecule has 4 nitrogen and oxygen atoms in total. The molecule has 2 unspecified atom stereocenters. The highest BCUT2D eigenvalue weighted by molar-refractivity contribution is 6.00. The summed E-state index contributed by atoms with van der Waals surface area (Å²) in [7, 11) is 2.08. The molecular weight excluding hydrogens is 259 g/mol. The Kier molecular flexibility index (Phi) is 3.48. The summed E-state index contributed by atoms with van der Waals surface area (Å²) in [5.74, 6) is -0.679. The first kappa shape index (κ1) is 13.5. The van der Waals surface area contributed by atoms with Crippen molar-refractivity contribution in [3.05, 3.63) is 29.6 Å². The Labute approximate surface area is 118 Å². The molecule has 1 aromatic carbocycles. The fourth-order valence-electron chi connectivity index (χ4n) is 3.18. The van der Waals surface area contributed by atoms with Crippen LogP contribution in [0.1, 0.15) is 17.3 Å². The minimum atomic E-state index is -0.445. The maximum atomic E-state index is 13.9. The number of benzene rings is 1. The third-order valence-electron chi connectivity index (χ3n) is 4.26. The normalized spacial score (nSPS) is 26.6. The number of carbonyl (C=O) groups excluding carboxylic acids is 1. The largest absolute Gasteiger partial charge is 0.373 e. The number of morpholine rings is 1. The van der Waals surface area contributed by atoms with Crippen LogP contribution in [0, 0.1) is 5.82 Å². The molecule has 2 fully saturated rings. The Hall–Kier alpha value is -1.46. The van der Waals surface area contributed by atoms with Crippen LogP contribution in [0.25, 0.3) is 0 Å². The SMILES string of the molecule is CC(=O)c1c(F)cccc1N1CC2OCCN(C)C2C1. The number of halogens is 1. The molecule has 0 N–H and O–H groups in total. The first-order valence-corrected chi connectivity index (χ1v) is 6.94. The second-order valence-corrected chi connectivity index (χ2v) is 5.55. The maximum absolute atomic E-state index is 13.9. The zero-order valence-electron chi connectivity index (χ0n) is 11.8. The van der Waals surface area contributed by atoms with Crippen LogP contribution in [-0.2, 0) is 4.74 Å². The maximum Gasteiger partial charge on any atom is 0.164 e. The molecule has 0 aliphatic carbocycles. The standard InChI is InChI=1S/C15H19FN2O2/c1-10(19)15-11(16)4-3-5-12(15)18-8-13-14(9-18)20-7-6-17(13)2/h3-5,13-14H,6-9H2,1-2H3. The number of ether oxygens (including phenoxy) is 1. The number of likely N-dealkylation sites (N-methyl/N-ethyl adjacent to an activating group) is 1. The van der Waals surface area contributed by atoms with Gasteiger partial charge in [0.25, 0.3) is 0 Å². The van der Waals surface area contributed by atoms with E-state index in [1.54, 1.807) is 6.07 Å². The van der Waals surface area contributed by atoms with Gasteiger partial charge in [-0.3, -0.25) is 9.69 Å². The Morgan fingerprint density at radius 1 is 1.40 bits per heavy atom. The lowest BCUT2D eigenvalue weighted by Crippen LogP contribution is -2.48. The molecule has 0 radical (unpaired) electrons. The van der Waals surface area contributed by atoms with Gasteiger partial charge in [0.05, 0.1) is 30.0 Å². The van der Waals surface area contributed by atoms with Gasteiger partial charge in [-0.25, -0.2) is 4.39 Å². The highest BCUT2D eigenvalue weighted by atomic mass is 19.1. The van der Waals surface area contributed by atoms with Gasteiger partial charge in [-0.2, -0.15) is 0 Å². The van der Waals surface area contributed by atoms with Gasteiger partial charge in [-0.15, -0.1) is 0 Å². The molecule has 0 bridgehead atoms. The highest BCUT2D eigenvalue weighted by Crippen LogP contribution is 2.30. The lowest BCUT2D eigenvalue weighted by atomic mass is 10.1. The van der Waals surface area contributed by atoms with E-state index in [2.05, 4.69) is 16.8 Å². The average Bonchev–Trinajstić information content (AvgIpc) is 2.83. The van der Waals surface area contributed by atoms with Crippen molar-refractivity contribution < 1.29 is 13.9 Å². The lowest BCUT2D eigenvalue weighted by Gasteiger charge is -2.33. The number of carbonyl (C=O) groups is 1. The molecule has 20 heavy (non-hydrogen) atoms. The zero-order chi connectivity index (χ0) is 14.3. The van der Waals surface area contributed by atoms with E-state index in [0.717, 1.165) is 19.7 Å². The second-order valence-electron chi connectivity index (χ2n) is 5.55. The monoisotopic (exact) mass is 278 g/mol. The quantitative estimate of drug-likeness (QED) is 0.768. The van der Waals surface area contributed by atoms with E-state index in [1.807, 2.05) is 6.07 Å². The number of ketones is 1. The zero-order valence-corrected chi connectivity index (χ0v) is 11.8. The Balaban J connectivity index is 1.91. The second kappa shape index (κ2) is 5.14. The lowest BCUT2D eigenvalue weighted by molar-refractivity contribution is -0.0362. The van der Waals surface area contributed by atoms with Gasteiger partial charge in [0, 0.05) is 19.6 Å². The van der Waals surface area contributed by atoms with Crippen molar-refractivity contribution in [3.63, 3.8) is 0 Å². The number of anilines is 1.